The first-order valence-electron chi connectivity index (χ1n) is 14.7. The smallest absolute Gasteiger partial charge is 0.335 e. The van der Waals surface area contributed by atoms with E-state index in [2.05, 4.69) is 9.71 Å². The zero-order valence-corrected chi connectivity index (χ0v) is 26.8. The highest BCUT2D eigenvalue weighted by atomic mass is 32.2. The number of hydrogen-bond acceptors (Lipinski definition) is 6. The molecule has 10 heteroatoms. The lowest BCUT2D eigenvalue weighted by molar-refractivity contribution is -0.149. The molecule has 4 aromatic carbocycles. The second-order valence-corrected chi connectivity index (χ2v) is 13.0. The third-order valence-corrected chi connectivity index (χ3v) is 9.37. The molecule has 0 aliphatic rings. The molecule has 1 unspecified atom stereocenters. The van der Waals surface area contributed by atoms with Gasteiger partial charge in [-0.3, -0.25) is 4.79 Å². The van der Waals surface area contributed by atoms with Crippen LogP contribution in [0.4, 0.5) is 0 Å². The van der Waals surface area contributed by atoms with Crippen molar-refractivity contribution < 1.29 is 27.9 Å². The molecule has 0 fully saturated rings. The van der Waals surface area contributed by atoms with E-state index in [0.717, 1.165) is 22.4 Å². The zero-order chi connectivity index (χ0) is 33.0. The number of sulfonamides is 1. The van der Waals surface area contributed by atoms with Crippen LogP contribution in [0.25, 0.3) is 5.69 Å². The second-order valence-electron chi connectivity index (χ2n) is 11.3. The van der Waals surface area contributed by atoms with Gasteiger partial charge in [0.1, 0.15) is 6.04 Å². The summed E-state index contributed by atoms with van der Waals surface area (Å²) in [6.07, 6.45) is 4.17. The number of aromatic nitrogens is 2. The summed E-state index contributed by atoms with van der Waals surface area (Å²) in [5.74, 6) is -1.85. The number of aryl methyl sites for hydroxylation is 4. The van der Waals surface area contributed by atoms with Crippen molar-refractivity contribution in [1.29, 1.82) is 0 Å². The summed E-state index contributed by atoms with van der Waals surface area (Å²) in [5, 5.41) is 9.68. The molecule has 0 bridgehead atoms. The minimum atomic E-state index is -4.11. The van der Waals surface area contributed by atoms with Gasteiger partial charge in [-0.2, -0.15) is 4.72 Å². The van der Waals surface area contributed by atoms with Crippen LogP contribution in [0.5, 0.6) is 0 Å². The van der Waals surface area contributed by atoms with Crippen molar-refractivity contribution in [2.24, 2.45) is 0 Å². The fourth-order valence-electron chi connectivity index (χ4n) is 5.47. The molecule has 1 aromatic heterocycles. The first kappa shape index (κ1) is 32.3. The summed E-state index contributed by atoms with van der Waals surface area (Å²) >= 11 is 0. The molecule has 0 amide bonds. The van der Waals surface area contributed by atoms with E-state index in [0.29, 0.717) is 22.3 Å². The molecule has 0 aliphatic heterocycles. The normalized spacial score (nSPS) is 12.8. The molecule has 0 spiro atoms. The number of benzene rings is 4. The van der Waals surface area contributed by atoms with Crippen molar-refractivity contribution in [1.82, 2.24) is 14.3 Å². The Hall–Kier alpha value is -5.06. The minimum absolute atomic E-state index is 0.0281. The van der Waals surface area contributed by atoms with Gasteiger partial charge in [0.2, 0.25) is 10.0 Å². The number of carbonyl (C=O) groups excluding carboxylic acids is 1. The first-order valence-corrected chi connectivity index (χ1v) is 16.2. The molecule has 2 N–H and O–H groups in total. The number of imidazole rings is 1. The third-order valence-electron chi connectivity index (χ3n) is 7.88. The molecule has 9 nitrogen and oxygen atoms in total. The summed E-state index contributed by atoms with van der Waals surface area (Å²) in [6.45, 7) is 7.29. The summed E-state index contributed by atoms with van der Waals surface area (Å²) in [5.41, 5.74) is 5.85. The van der Waals surface area contributed by atoms with Crippen LogP contribution in [0.3, 0.4) is 0 Å². The van der Waals surface area contributed by atoms with Crippen LogP contribution < -0.4 is 4.72 Å². The quantitative estimate of drug-likeness (QED) is 0.169. The van der Waals surface area contributed by atoms with Crippen LogP contribution in [0.15, 0.2) is 109 Å². The lowest BCUT2D eigenvalue weighted by Gasteiger charge is -2.27. The van der Waals surface area contributed by atoms with Crippen molar-refractivity contribution in [3.8, 4) is 5.69 Å². The Balaban J connectivity index is 1.60. The number of carboxylic acids is 1. The number of nitrogens with one attached hydrogen (secondary N) is 1. The largest absolute Gasteiger partial charge is 0.478 e. The van der Waals surface area contributed by atoms with E-state index in [9.17, 15) is 23.1 Å². The van der Waals surface area contributed by atoms with Gasteiger partial charge in [-0.05, 0) is 92.8 Å². The Morgan fingerprint density at radius 1 is 0.891 bits per heavy atom. The molecule has 0 saturated carbocycles. The number of rotatable bonds is 11. The van der Waals surface area contributed by atoms with Gasteiger partial charge in [-0.1, -0.05) is 54.1 Å². The van der Waals surface area contributed by atoms with Crippen molar-refractivity contribution >= 4 is 22.0 Å². The average Bonchev–Trinajstić information content (AvgIpc) is 3.56. The molecule has 0 radical (unpaired) electrons. The number of carboxylic acid groups (broad SMARTS) is 1. The first-order chi connectivity index (χ1) is 21.9. The van der Waals surface area contributed by atoms with Gasteiger partial charge in [0, 0.05) is 29.2 Å². The van der Waals surface area contributed by atoms with Crippen LogP contribution in [-0.2, 0) is 26.0 Å². The van der Waals surface area contributed by atoms with Gasteiger partial charge in [0.15, 0.2) is 6.10 Å². The predicted molar refractivity (Wildman–Crippen MR) is 175 cm³/mol. The molecule has 236 valence electrons. The van der Waals surface area contributed by atoms with Crippen LogP contribution >= 0.6 is 0 Å². The number of aromatic carboxylic acids is 1. The highest BCUT2D eigenvalue weighted by Gasteiger charge is 2.32. The van der Waals surface area contributed by atoms with Crippen LogP contribution in [-0.4, -0.2) is 41.1 Å². The lowest BCUT2D eigenvalue weighted by atomic mass is 9.89. The Bertz CT molecular complexity index is 1950. The predicted octanol–water partition coefficient (Wildman–Crippen LogP) is 6.03. The maximum Gasteiger partial charge on any atom is 0.335 e. The van der Waals surface area contributed by atoms with E-state index < -0.39 is 34.1 Å². The Kier molecular flexibility index (Phi) is 9.50. The summed E-state index contributed by atoms with van der Waals surface area (Å²) in [4.78, 5) is 30.2. The topological polar surface area (TPSA) is 128 Å². The summed E-state index contributed by atoms with van der Waals surface area (Å²) in [6, 6.07) is 23.0. The van der Waals surface area contributed by atoms with Crippen LogP contribution in [0, 0.1) is 27.7 Å². The Morgan fingerprint density at radius 3 is 2.17 bits per heavy atom. The van der Waals surface area contributed by atoms with Gasteiger partial charge < -0.3 is 14.4 Å². The van der Waals surface area contributed by atoms with E-state index in [4.69, 9.17) is 4.74 Å². The van der Waals surface area contributed by atoms with Crippen LogP contribution in [0.1, 0.15) is 55.4 Å². The van der Waals surface area contributed by atoms with E-state index in [-0.39, 0.29) is 16.9 Å². The monoisotopic (exact) mass is 637 g/mol. The minimum Gasteiger partial charge on any atom is -0.478 e. The fourth-order valence-corrected chi connectivity index (χ4v) is 6.65. The highest BCUT2D eigenvalue weighted by Crippen LogP contribution is 2.35. The number of nitrogens with zero attached hydrogens (tertiary/aromatic N) is 2. The Morgan fingerprint density at radius 2 is 1.57 bits per heavy atom. The summed E-state index contributed by atoms with van der Waals surface area (Å²) in [7, 11) is -4.11. The average molecular weight is 638 g/mol. The van der Waals surface area contributed by atoms with E-state index in [1.54, 1.807) is 56.8 Å². The fraction of sp³-hybridized carbons (Fsp3) is 0.194. The zero-order valence-electron chi connectivity index (χ0n) is 26.0. The van der Waals surface area contributed by atoms with E-state index in [1.165, 1.54) is 12.1 Å². The maximum atomic E-state index is 14.2. The number of ether oxygens (including phenoxy) is 1. The standard InChI is InChI=1S/C36H35N3O6S/c1-23-10-14-30(15-11-23)46(43,44)38-32(20-27-8-6-5-7-9-27)36(42)45-34(33-25(3)18-28(35(40)41)19-26(33)4)31-21-29(13-12-24(31)2)39-17-16-37-22-39/h5-19,21-22,32,34,38H,20H2,1-4H3,(H,40,41)/t32-,34?/m0/s1. The van der Waals surface area contributed by atoms with Crippen molar-refractivity contribution in [3.05, 3.63) is 148 Å². The van der Waals surface area contributed by atoms with Crippen molar-refractivity contribution in [3.63, 3.8) is 0 Å². The molecule has 5 aromatic rings. The van der Waals surface area contributed by atoms with E-state index >= 15 is 0 Å². The maximum absolute atomic E-state index is 14.2. The molecule has 0 aliphatic carbocycles. The van der Waals surface area contributed by atoms with Gasteiger partial charge in [-0.15, -0.1) is 0 Å². The highest BCUT2D eigenvalue weighted by molar-refractivity contribution is 7.89. The second kappa shape index (κ2) is 13.5. The molecule has 46 heavy (non-hydrogen) atoms. The number of esters is 1. The SMILES string of the molecule is Cc1ccc(S(=O)(=O)N[C@@H](Cc2ccccc2)C(=O)OC(c2cc(-n3ccnc3)ccc2C)c2c(C)cc(C(=O)O)cc2C)cc1. The van der Waals surface area contributed by atoms with Crippen molar-refractivity contribution in [2.45, 2.75) is 51.2 Å². The Labute approximate surface area is 268 Å². The van der Waals surface area contributed by atoms with Crippen LogP contribution in [0.2, 0.25) is 0 Å². The molecular formula is C36H35N3O6S. The number of carbonyl (C=O) groups is 2. The van der Waals surface area contributed by atoms with Gasteiger partial charge in [0.05, 0.1) is 16.8 Å². The molecule has 5 rings (SSSR count). The molecular weight excluding hydrogens is 602 g/mol. The summed E-state index contributed by atoms with van der Waals surface area (Å²) < 4.78 is 37.8. The molecule has 1 heterocycles. The van der Waals surface area contributed by atoms with E-state index in [1.807, 2.05) is 66.9 Å². The van der Waals surface area contributed by atoms with Gasteiger partial charge >= 0.3 is 11.9 Å². The lowest BCUT2D eigenvalue weighted by Crippen LogP contribution is -2.43. The van der Waals surface area contributed by atoms with Gasteiger partial charge in [0.25, 0.3) is 0 Å². The van der Waals surface area contributed by atoms with Crippen molar-refractivity contribution in [2.75, 3.05) is 0 Å². The molecule has 2 atom stereocenters. The molecule has 0 saturated heterocycles. The van der Waals surface area contributed by atoms with Gasteiger partial charge in [-0.25, -0.2) is 18.2 Å². The number of hydrogen-bond donors (Lipinski definition) is 2. The third kappa shape index (κ3) is 7.25.